The van der Waals surface area contributed by atoms with Gasteiger partial charge in [-0.15, -0.1) is 0 Å². The molecule has 0 radical (unpaired) electrons. The number of aryl methyl sites for hydroxylation is 1. The number of carbonyl (C=O) groups is 1. The number of hydrogen-bond donors (Lipinski definition) is 2. The Morgan fingerprint density at radius 1 is 1.32 bits per heavy atom. The lowest BCUT2D eigenvalue weighted by Gasteiger charge is -2.08. The molecule has 8 heteroatoms. The number of carbonyl (C=O) groups excluding carboxylic acids is 1. The maximum absolute atomic E-state index is 12.3. The van der Waals surface area contributed by atoms with Crippen LogP contribution in [0.3, 0.4) is 0 Å². The van der Waals surface area contributed by atoms with Gasteiger partial charge in [0.2, 0.25) is 5.91 Å². The van der Waals surface area contributed by atoms with E-state index >= 15 is 0 Å². The average molecular weight is 355 g/mol. The SMILES string of the molecule is COc1ccc(-c2n[nH]c(=S)n2CC(=O)Nc2cc(C)ccn2)cc1. The van der Waals surface area contributed by atoms with Crippen LogP contribution in [-0.4, -0.2) is 32.8 Å². The minimum absolute atomic E-state index is 0.0340. The molecule has 0 fully saturated rings. The van der Waals surface area contributed by atoms with Gasteiger partial charge >= 0.3 is 0 Å². The molecule has 2 aromatic heterocycles. The quantitative estimate of drug-likeness (QED) is 0.687. The average Bonchev–Trinajstić information content (AvgIpc) is 2.95. The van der Waals surface area contributed by atoms with Crippen molar-refractivity contribution >= 4 is 23.9 Å². The first-order valence-corrected chi connectivity index (χ1v) is 8.00. The molecule has 0 aliphatic rings. The summed E-state index contributed by atoms with van der Waals surface area (Å²) in [6.07, 6.45) is 1.65. The molecule has 0 saturated heterocycles. The molecule has 0 saturated carbocycles. The van der Waals surface area contributed by atoms with Gasteiger partial charge in [-0.2, -0.15) is 5.10 Å². The Morgan fingerprint density at radius 3 is 2.76 bits per heavy atom. The van der Waals surface area contributed by atoms with Crippen LogP contribution in [-0.2, 0) is 11.3 Å². The van der Waals surface area contributed by atoms with E-state index in [2.05, 4.69) is 20.5 Å². The van der Waals surface area contributed by atoms with E-state index in [1.807, 2.05) is 37.3 Å². The number of aromatic amines is 1. The summed E-state index contributed by atoms with van der Waals surface area (Å²) in [7, 11) is 1.61. The number of methoxy groups -OCH3 is 1. The summed E-state index contributed by atoms with van der Waals surface area (Å²) in [5.41, 5.74) is 1.85. The fraction of sp³-hybridized carbons (Fsp3) is 0.176. The van der Waals surface area contributed by atoms with Crippen LogP contribution in [0.1, 0.15) is 5.56 Å². The number of anilines is 1. The minimum Gasteiger partial charge on any atom is -0.497 e. The number of rotatable bonds is 5. The first-order chi connectivity index (χ1) is 12.1. The van der Waals surface area contributed by atoms with Crippen LogP contribution in [0.5, 0.6) is 5.75 Å². The van der Waals surface area contributed by atoms with Gasteiger partial charge in [0, 0.05) is 11.8 Å². The number of aromatic nitrogens is 4. The van der Waals surface area contributed by atoms with Crippen molar-refractivity contribution in [1.82, 2.24) is 19.7 Å². The number of H-pyrrole nitrogens is 1. The molecule has 3 aromatic rings. The van der Waals surface area contributed by atoms with E-state index in [4.69, 9.17) is 17.0 Å². The smallest absolute Gasteiger partial charge is 0.245 e. The summed E-state index contributed by atoms with van der Waals surface area (Å²) in [6.45, 7) is 1.97. The largest absolute Gasteiger partial charge is 0.497 e. The molecule has 2 heterocycles. The molecule has 0 bridgehead atoms. The van der Waals surface area contributed by atoms with Crippen LogP contribution in [0.2, 0.25) is 0 Å². The Morgan fingerprint density at radius 2 is 2.08 bits per heavy atom. The highest BCUT2D eigenvalue weighted by Gasteiger charge is 2.13. The third kappa shape index (κ3) is 3.92. The summed E-state index contributed by atoms with van der Waals surface area (Å²) in [5, 5.41) is 9.72. The number of nitrogens with one attached hydrogen (secondary N) is 2. The second-order valence-corrected chi connectivity index (χ2v) is 5.82. The Kier molecular flexibility index (Phi) is 4.90. The fourth-order valence-electron chi connectivity index (χ4n) is 2.36. The molecule has 3 rings (SSSR count). The van der Waals surface area contributed by atoms with E-state index in [-0.39, 0.29) is 12.5 Å². The second-order valence-electron chi connectivity index (χ2n) is 5.43. The lowest BCUT2D eigenvalue weighted by molar-refractivity contribution is -0.116. The topological polar surface area (TPSA) is 84.8 Å². The van der Waals surface area contributed by atoms with Crippen molar-refractivity contribution in [3.8, 4) is 17.1 Å². The van der Waals surface area contributed by atoms with Crippen LogP contribution in [0.15, 0.2) is 42.6 Å². The lowest BCUT2D eigenvalue weighted by atomic mass is 10.2. The highest BCUT2D eigenvalue weighted by Crippen LogP contribution is 2.21. The summed E-state index contributed by atoms with van der Waals surface area (Å²) >= 11 is 5.25. The predicted molar refractivity (Wildman–Crippen MR) is 97.0 cm³/mol. The third-order valence-corrected chi connectivity index (χ3v) is 3.90. The van der Waals surface area contributed by atoms with E-state index in [1.54, 1.807) is 23.9 Å². The van der Waals surface area contributed by atoms with Crippen LogP contribution in [0.4, 0.5) is 5.82 Å². The Labute approximate surface area is 149 Å². The third-order valence-electron chi connectivity index (χ3n) is 3.59. The van der Waals surface area contributed by atoms with Crippen LogP contribution < -0.4 is 10.1 Å². The molecular formula is C17H17N5O2S. The van der Waals surface area contributed by atoms with E-state index in [1.165, 1.54) is 0 Å². The van der Waals surface area contributed by atoms with Crippen molar-refractivity contribution < 1.29 is 9.53 Å². The van der Waals surface area contributed by atoms with E-state index in [9.17, 15) is 4.79 Å². The molecule has 1 aromatic carbocycles. The zero-order chi connectivity index (χ0) is 17.8. The Balaban J connectivity index is 1.81. The van der Waals surface area contributed by atoms with Crippen molar-refractivity contribution in [3.05, 3.63) is 52.9 Å². The molecule has 2 N–H and O–H groups in total. The van der Waals surface area contributed by atoms with Gasteiger partial charge in [0.25, 0.3) is 0 Å². The van der Waals surface area contributed by atoms with Gasteiger partial charge in [-0.25, -0.2) is 4.98 Å². The Hall–Kier alpha value is -3.00. The highest BCUT2D eigenvalue weighted by molar-refractivity contribution is 7.71. The number of pyridine rings is 1. The number of benzene rings is 1. The number of ether oxygens (including phenoxy) is 1. The number of nitrogens with zero attached hydrogens (tertiary/aromatic N) is 3. The summed E-state index contributed by atoms with van der Waals surface area (Å²) < 4.78 is 7.17. The van der Waals surface area contributed by atoms with Crippen molar-refractivity contribution in [2.45, 2.75) is 13.5 Å². The normalized spacial score (nSPS) is 10.5. The monoisotopic (exact) mass is 355 g/mol. The first-order valence-electron chi connectivity index (χ1n) is 7.59. The van der Waals surface area contributed by atoms with Crippen molar-refractivity contribution in [2.75, 3.05) is 12.4 Å². The molecule has 0 atom stereocenters. The summed E-state index contributed by atoms with van der Waals surface area (Å²) in [6, 6.07) is 11.0. The number of amides is 1. The van der Waals surface area contributed by atoms with Crippen LogP contribution in [0, 0.1) is 11.7 Å². The fourth-order valence-corrected chi connectivity index (χ4v) is 2.55. The van der Waals surface area contributed by atoms with Gasteiger partial charge in [-0.05, 0) is 61.1 Å². The van der Waals surface area contributed by atoms with Crippen LogP contribution >= 0.6 is 12.2 Å². The second kappa shape index (κ2) is 7.27. The predicted octanol–water partition coefficient (Wildman–Crippen LogP) is 2.96. The molecule has 128 valence electrons. The summed E-state index contributed by atoms with van der Waals surface area (Å²) in [5.74, 6) is 1.60. The maximum atomic E-state index is 12.3. The highest BCUT2D eigenvalue weighted by atomic mass is 32.1. The van der Waals surface area contributed by atoms with Crippen molar-refractivity contribution in [1.29, 1.82) is 0 Å². The lowest BCUT2D eigenvalue weighted by Crippen LogP contribution is -2.20. The zero-order valence-electron chi connectivity index (χ0n) is 13.8. The maximum Gasteiger partial charge on any atom is 0.245 e. The molecule has 0 aliphatic carbocycles. The molecule has 1 amide bonds. The molecule has 0 unspecified atom stereocenters. The minimum atomic E-state index is -0.231. The van der Waals surface area contributed by atoms with Gasteiger partial charge < -0.3 is 10.1 Å². The molecule has 25 heavy (non-hydrogen) atoms. The van der Waals surface area contributed by atoms with E-state index in [0.29, 0.717) is 16.4 Å². The first kappa shape index (κ1) is 16.8. The standard InChI is InChI=1S/C17H17N5O2S/c1-11-7-8-18-14(9-11)19-15(23)10-22-16(20-21-17(22)25)12-3-5-13(24-2)6-4-12/h3-9H,10H2,1-2H3,(H,21,25)(H,18,19,23). The number of hydrogen-bond acceptors (Lipinski definition) is 5. The van der Waals surface area contributed by atoms with Crippen molar-refractivity contribution in [3.63, 3.8) is 0 Å². The molecular weight excluding hydrogens is 338 g/mol. The zero-order valence-corrected chi connectivity index (χ0v) is 14.6. The van der Waals surface area contributed by atoms with Crippen LogP contribution in [0.25, 0.3) is 11.4 Å². The Bertz CT molecular complexity index is 946. The molecule has 0 aliphatic heterocycles. The molecule has 7 nitrogen and oxygen atoms in total. The van der Waals surface area contributed by atoms with Gasteiger partial charge in [0.1, 0.15) is 18.1 Å². The van der Waals surface area contributed by atoms with Gasteiger partial charge in [0.05, 0.1) is 7.11 Å². The van der Waals surface area contributed by atoms with E-state index < -0.39 is 0 Å². The van der Waals surface area contributed by atoms with E-state index in [0.717, 1.165) is 16.9 Å². The summed E-state index contributed by atoms with van der Waals surface area (Å²) in [4.78, 5) is 16.5. The van der Waals surface area contributed by atoms with Crippen molar-refractivity contribution in [2.24, 2.45) is 0 Å². The van der Waals surface area contributed by atoms with Gasteiger partial charge in [-0.3, -0.25) is 14.5 Å². The molecule has 0 spiro atoms. The van der Waals surface area contributed by atoms with Gasteiger partial charge in [0.15, 0.2) is 10.6 Å². The van der Waals surface area contributed by atoms with Gasteiger partial charge in [-0.1, -0.05) is 0 Å².